The Morgan fingerprint density at radius 1 is 1.20 bits per heavy atom. The molecule has 20 heavy (non-hydrogen) atoms. The first kappa shape index (κ1) is 15.6. The fourth-order valence-electron chi connectivity index (χ4n) is 3.39. The normalized spacial score (nSPS) is 19.8. The van der Waals surface area contributed by atoms with E-state index >= 15 is 0 Å². The van der Waals surface area contributed by atoms with Crippen molar-refractivity contribution in [3.63, 3.8) is 0 Å². The van der Waals surface area contributed by atoms with E-state index in [2.05, 4.69) is 43.2 Å². The minimum absolute atomic E-state index is 0.457. The zero-order valence-electron chi connectivity index (χ0n) is 13.4. The lowest BCUT2D eigenvalue weighted by atomic mass is 9.84. The van der Waals surface area contributed by atoms with Crippen molar-refractivity contribution in [2.24, 2.45) is 5.92 Å². The summed E-state index contributed by atoms with van der Waals surface area (Å²) in [5.41, 5.74) is 1.24. The highest BCUT2D eigenvalue weighted by molar-refractivity contribution is 5.03. The SMILES string of the molecule is CNC(Cc1ccn(C(C)C)n1)C1CCCCCCC1. The van der Waals surface area contributed by atoms with Crippen LogP contribution in [0, 0.1) is 5.92 Å². The van der Waals surface area contributed by atoms with Crippen LogP contribution in [-0.4, -0.2) is 22.9 Å². The van der Waals surface area contributed by atoms with Crippen molar-refractivity contribution in [1.82, 2.24) is 15.1 Å². The average molecular weight is 277 g/mol. The third kappa shape index (κ3) is 4.34. The first-order valence-corrected chi connectivity index (χ1v) is 8.42. The monoisotopic (exact) mass is 277 g/mol. The molecule has 0 radical (unpaired) electrons. The number of nitrogens with zero attached hydrogens (tertiary/aromatic N) is 2. The van der Waals surface area contributed by atoms with Crippen molar-refractivity contribution in [3.05, 3.63) is 18.0 Å². The van der Waals surface area contributed by atoms with Gasteiger partial charge < -0.3 is 5.32 Å². The van der Waals surface area contributed by atoms with Gasteiger partial charge in [0.1, 0.15) is 0 Å². The summed E-state index contributed by atoms with van der Waals surface area (Å²) in [6.07, 6.45) is 13.1. The summed E-state index contributed by atoms with van der Waals surface area (Å²) < 4.78 is 2.07. The van der Waals surface area contributed by atoms with Crippen molar-refractivity contribution in [3.8, 4) is 0 Å². The van der Waals surface area contributed by atoms with E-state index in [1.165, 1.54) is 50.6 Å². The molecule has 0 amide bonds. The minimum Gasteiger partial charge on any atom is -0.316 e. The Balaban J connectivity index is 1.95. The predicted octanol–water partition coefficient (Wildman–Crippen LogP) is 3.96. The Hall–Kier alpha value is -0.830. The number of nitrogens with one attached hydrogen (secondary N) is 1. The number of hydrogen-bond acceptors (Lipinski definition) is 2. The van der Waals surface area contributed by atoms with Gasteiger partial charge in [-0.3, -0.25) is 4.68 Å². The van der Waals surface area contributed by atoms with Gasteiger partial charge in [0.15, 0.2) is 0 Å². The Morgan fingerprint density at radius 2 is 1.85 bits per heavy atom. The highest BCUT2D eigenvalue weighted by atomic mass is 15.3. The zero-order chi connectivity index (χ0) is 14.4. The molecular formula is C17H31N3. The van der Waals surface area contributed by atoms with Crippen molar-refractivity contribution >= 4 is 0 Å². The van der Waals surface area contributed by atoms with Crippen molar-refractivity contribution in [2.45, 2.75) is 77.3 Å². The molecular weight excluding hydrogens is 246 g/mol. The number of aromatic nitrogens is 2. The molecule has 0 aromatic carbocycles. The van der Waals surface area contributed by atoms with E-state index in [0.717, 1.165) is 12.3 Å². The Kier molecular flexibility index (Phi) is 6.08. The molecule has 1 heterocycles. The van der Waals surface area contributed by atoms with Gasteiger partial charge in [0.25, 0.3) is 0 Å². The smallest absolute Gasteiger partial charge is 0.0640 e. The van der Waals surface area contributed by atoms with Crippen LogP contribution in [0.3, 0.4) is 0 Å². The predicted molar refractivity (Wildman–Crippen MR) is 85.0 cm³/mol. The van der Waals surface area contributed by atoms with Crippen LogP contribution in [0.2, 0.25) is 0 Å². The van der Waals surface area contributed by atoms with E-state index in [1.54, 1.807) is 0 Å². The summed E-state index contributed by atoms with van der Waals surface area (Å²) >= 11 is 0. The molecule has 0 aliphatic heterocycles. The molecule has 0 bridgehead atoms. The molecule has 1 fully saturated rings. The Bertz CT molecular complexity index is 375. The average Bonchev–Trinajstić information content (AvgIpc) is 2.85. The second-order valence-electron chi connectivity index (χ2n) is 6.59. The first-order valence-electron chi connectivity index (χ1n) is 8.42. The fourth-order valence-corrected chi connectivity index (χ4v) is 3.39. The van der Waals surface area contributed by atoms with E-state index in [0.29, 0.717) is 12.1 Å². The molecule has 1 aromatic heterocycles. The molecule has 1 aliphatic rings. The fraction of sp³-hybridized carbons (Fsp3) is 0.824. The van der Waals surface area contributed by atoms with Crippen LogP contribution in [0.25, 0.3) is 0 Å². The van der Waals surface area contributed by atoms with Gasteiger partial charge in [0.05, 0.1) is 5.69 Å². The van der Waals surface area contributed by atoms with Gasteiger partial charge in [-0.15, -0.1) is 0 Å². The summed E-state index contributed by atoms with van der Waals surface area (Å²) in [7, 11) is 2.11. The third-order valence-electron chi connectivity index (χ3n) is 4.71. The van der Waals surface area contributed by atoms with Crippen LogP contribution in [0.1, 0.15) is 70.5 Å². The maximum atomic E-state index is 4.71. The third-order valence-corrected chi connectivity index (χ3v) is 4.71. The van der Waals surface area contributed by atoms with Gasteiger partial charge in [0, 0.05) is 24.7 Å². The standard InChI is InChI=1S/C17H31N3/c1-14(2)20-12-11-16(19-20)13-17(18-3)15-9-7-5-4-6-8-10-15/h11-12,14-15,17-18H,4-10,13H2,1-3H3. The van der Waals surface area contributed by atoms with Crippen LogP contribution in [0.4, 0.5) is 0 Å². The van der Waals surface area contributed by atoms with E-state index in [-0.39, 0.29) is 0 Å². The molecule has 1 atom stereocenters. The summed E-state index contributed by atoms with van der Waals surface area (Å²) in [5.74, 6) is 0.824. The Morgan fingerprint density at radius 3 is 2.40 bits per heavy atom. The van der Waals surface area contributed by atoms with Crippen molar-refractivity contribution in [1.29, 1.82) is 0 Å². The van der Waals surface area contributed by atoms with Crippen LogP contribution >= 0.6 is 0 Å². The van der Waals surface area contributed by atoms with Crippen molar-refractivity contribution in [2.75, 3.05) is 7.05 Å². The van der Waals surface area contributed by atoms with Gasteiger partial charge in [-0.2, -0.15) is 5.10 Å². The Labute approximate surface area is 124 Å². The quantitative estimate of drug-likeness (QED) is 0.883. The van der Waals surface area contributed by atoms with E-state index in [9.17, 15) is 0 Å². The lowest BCUT2D eigenvalue weighted by molar-refractivity contribution is 0.292. The molecule has 0 spiro atoms. The molecule has 1 unspecified atom stereocenters. The van der Waals surface area contributed by atoms with Gasteiger partial charge >= 0.3 is 0 Å². The molecule has 1 aliphatic carbocycles. The van der Waals surface area contributed by atoms with Gasteiger partial charge in [-0.25, -0.2) is 0 Å². The van der Waals surface area contributed by atoms with Gasteiger partial charge in [-0.1, -0.05) is 32.1 Å². The molecule has 114 valence electrons. The number of likely N-dealkylation sites (N-methyl/N-ethyl adjacent to an activating group) is 1. The maximum absolute atomic E-state index is 4.71. The minimum atomic E-state index is 0.457. The molecule has 3 nitrogen and oxygen atoms in total. The maximum Gasteiger partial charge on any atom is 0.0640 e. The van der Waals surface area contributed by atoms with Crippen LogP contribution in [-0.2, 0) is 6.42 Å². The lowest BCUT2D eigenvalue weighted by Gasteiger charge is -2.28. The van der Waals surface area contributed by atoms with E-state index in [4.69, 9.17) is 5.10 Å². The molecule has 2 rings (SSSR count). The van der Waals surface area contributed by atoms with Crippen LogP contribution in [0.5, 0.6) is 0 Å². The summed E-state index contributed by atoms with van der Waals surface area (Å²) in [5, 5.41) is 8.27. The van der Waals surface area contributed by atoms with Crippen LogP contribution in [0.15, 0.2) is 12.3 Å². The van der Waals surface area contributed by atoms with E-state index in [1.807, 2.05) is 0 Å². The second-order valence-corrected chi connectivity index (χ2v) is 6.59. The summed E-state index contributed by atoms with van der Waals surface area (Å²) in [4.78, 5) is 0. The first-order chi connectivity index (χ1) is 9.70. The zero-order valence-corrected chi connectivity index (χ0v) is 13.4. The topological polar surface area (TPSA) is 29.9 Å². The second kappa shape index (κ2) is 7.82. The molecule has 3 heteroatoms. The van der Waals surface area contributed by atoms with E-state index < -0.39 is 0 Å². The number of hydrogen-bond donors (Lipinski definition) is 1. The van der Waals surface area contributed by atoms with Crippen molar-refractivity contribution < 1.29 is 0 Å². The van der Waals surface area contributed by atoms with Crippen LogP contribution < -0.4 is 5.32 Å². The summed E-state index contributed by atoms with van der Waals surface area (Å²) in [6.45, 7) is 4.36. The largest absolute Gasteiger partial charge is 0.316 e. The van der Waals surface area contributed by atoms with Gasteiger partial charge in [-0.05, 0) is 45.7 Å². The van der Waals surface area contributed by atoms with Gasteiger partial charge in [0.2, 0.25) is 0 Å². The molecule has 0 saturated heterocycles. The highest BCUT2D eigenvalue weighted by Gasteiger charge is 2.22. The molecule has 1 saturated carbocycles. The molecule has 1 N–H and O–H groups in total. The molecule has 1 aromatic rings. The summed E-state index contributed by atoms with van der Waals surface area (Å²) in [6, 6.07) is 3.23. The lowest BCUT2D eigenvalue weighted by Crippen LogP contribution is -2.36. The highest BCUT2D eigenvalue weighted by Crippen LogP contribution is 2.26. The number of rotatable bonds is 5.